The van der Waals surface area contributed by atoms with E-state index in [2.05, 4.69) is 26.1 Å². The zero-order valence-electron chi connectivity index (χ0n) is 13.7. The summed E-state index contributed by atoms with van der Waals surface area (Å²) in [5, 5.41) is 11.3. The summed E-state index contributed by atoms with van der Waals surface area (Å²) in [4.78, 5) is 13.9. The Balaban J connectivity index is 1.29. The fourth-order valence-corrected chi connectivity index (χ4v) is 3.32. The summed E-state index contributed by atoms with van der Waals surface area (Å²) in [5.74, 6) is 2.80. The molecule has 4 rings (SSSR count). The maximum atomic E-state index is 12.3. The van der Waals surface area contributed by atoms with Crippen LogP contribution in [0.5, 0.6) is 5.75 Å². The van der Waals surface area contributed by atoms with Crippen molar-refractivity contribution in [2.45, 2.75) is 38.5 Å². The standard InChI is InChI=1S/C17H21N5O2/c1-21(11-16-20-19-15-7-4-8-22(15)16)17(23)18-10-13-9-12-5-2-3-6-14(12)24-13/h2-3,5-6,13H,4,7-11H2,1H3,(H,18,23)/t13-/m0/s1. The summed E-state index contributed by atoms with van der Waals surface area (Å²) < 4.78 is 7.96. The molecule has 0 spiro atoms. The van der Waals surface area contributed by atoms with Gasteiger partial charge in [-0.1, -0.05) is 18.2 Å². The van der Waals surface area contributed by atoms with Crippen LogP contribution < -0.4 is 10.1 Å². The van der Waals surface area contributed by atoms with Crippen LogP contribution in [0.25, 0.3) is 0 Å². The first kappa shape index (κ1) is 15.0. The van der Waals surface area contributed by atoms with Gasteiger partial charge in [0.25, 0.3) is 0 Å². The molecule has 0 bridgehead atoms. The number of aryl methyl sites for hydroxylation is 1. The lowest BCUT2D eigenvalue weighted by Crippen LogP contribution is -2.42. The topological polar surface area (TPSA) is 72.3 Å². The summed E-state index contributed by atoms with van der Waals surface area (Å²) in [5.41, 5.74) is 1.20. The Kier molecular flexibility index (Phi) is 3.84. The van der Waals surface area contributed by atoms with E-state index in [1.165, 1.54) is 5.56 Å². The highest BCUT2D eigenvalue weighted by Crippen LogP contribution is 2.27. The highest BCUT2D eigenvalue weighted by Gasteiger charge is 2.24. The van der Waals surface area contributed by atoms with Crippen molar-refractivity contribution in [1.82, 2.24) is 25.0 Å². The molecule has 1 aromatic heterocycles. The van der Waals surface area contributed by atoms with Crippen molar-refractivity contribution < 1.29 is 9.53 Å². The van der Waals surface area contributed by atoms with E-state index in [9.17, 15) is 4.79 Å². The second-order valence-corrected chi connectivity index (χ2v) is 6.38. The zero-order valence-corrected chi connectivity index (χ0v) is 13.7. The number of nitrogens with zero attached hydrogens (tertiary/aromatic N) is 4. The van der Waals surface area contributed by atoms with E-state index in [1.807, 2.05) is 18.2 Å². The van der Waals surface area contributed by atoms with E-state index in [-0.39, 0.29) is 12.1 Å². The number of carbonyl (C=O) groups is 1. The highest BCUT2D eigenvalue weighted by atomic mass is 16.5. The highest BCUT2D eigenvalue weighted by molar-refractivity contribution is 5.73. The number of amides is 2. The second-order valence-electron chi connectivity index (χ2n) is 6.38. The van der Waals surface area contributed by atoms with Gasteiger partial charge in [0, 0.05) is 26.4 Å². The third-order valence-electron chi connectivity index (χ3n) is 4.61. The third-order valence-corrected chi connectivity index (χ3v) is 4.61. The van der Waals surface area contributed by atoms with Gasteiger partial charge in [0.2, 0.25) is 0 Å². The molecule has 0 saturated carbocycles. The summed E-state index contributed by atoms with van der Waals surface area (Å²) in [6.07, 6.45) is 2.91. The van der Waals surface area contributed by atoms with Crippen LogP contribution in [0.3, 0.4) is 0 Å². The average Bonchev–Trinajstić information content (AvgIpc) is 3.28. The number of hydrogen-bond donors (Lipinski definition) is 1. The van der Waals surface area contributed by atoms with Gasteiger partial charge >= 0.3 is 6.03 Å². The second kappa shape index (κ2) is 6.14. The molecule has 0 radical (unpaired) electrons. The number of fused-ring (bicyclic) bond motifs is 2. The van der Waals surface area contributed by atoms with Crippen LogP contribution in [-0.2, 0) is 25.9 Å². The Hall–Kier alpha value is -2.57. The van der Waals surface area contributed by atoms with Gasteiger partial charge in [-0.25, -0.2) is 4.79 Å². The van der Waals surface area contributed by atoms with Gasteiger partial charge in [0.05, 0.1) is 13.1 Å². The normalized spacial score (nSPS) is 18.0. The molecule has 1 aromatic carbocycles. The molecule has 3 heterocycles. The molecule has 2 aliphatic heterocycles. The molecule has 24 heavy (non-hydrogen) atoms. The molecule has 2 aromatic rings. The average molecular weight is 327 g/mol. The van der Waals surface area contributed by atoms with Crippen LogP contribution >= 0.6 is 0 Å². The minimum absolute atomic E-state index is 0.00270. The van der Waals surface area contributed by atoms with E-state index in [4.69, 9.17) is 4.74 Å². The molecule has 0 unspecified atom stereocenters. The molecule has 0 aliphatic carbocycles. The van der Waals surface area contributed by atoms with Crippen molar-refractivity contribution in [3.63, 3.8) is 0 Å². The van der Waals surface area contributed by atoms with Gasteiger partial charge in [-0.15, -0.1) is 10.2 Å². The predicted molar refractivity (Wildman–Crippen MR) is 87.8 cm³/mol. The van der Waals surface area contributed by atoms with Crippen LogP contribution in [0.15, 0.2) is 24.3 Å². The van der Waals surface area contributed by atoms with Crippen LogP contribution in [-0.4, -0.2) is 45.4 Å². The molecule has 2 amide bonds. The van der Waals surface area contributed by atoms with E-state index in [1.54, 1.807) is 11.9 Å². The number of carbonyl (C=O) groups excluding carboxylic acids is 1. The first-order valence-electron chi connectivity index (χ1n) is 8.35. The molecule has 126 valence electrons. The molecule has 0 fully saturated rings. The molecule has 1 atom stereocenters. The zero-order chi connectivity index (χ0) is 16.5. The summed E-state index contributed by atoms with van der Waals surface area (Å²) in [6.45, 7) is 1.90. The number of aromatic nitrogens is 3. The van der Waals surface area contributed by atoms with E-state index in [0.717, 1.165) is 43.2 Å². The van der Waals surface area contributed by atoms with Crippen molar-refractivity contribution in [3.05, 3.63) is 41.5 Å². The van der Waals surface area contributed by atoms with E-state index < -0.39 is 0 Å². The molecular weight excluding hydrogens is 306 g/mol. The largest absolute Gasteiger partial charge is 0.488 e. The number of nitrogens with one attached hydrogen (secondary N) is 1. The van der Waals surface area contributed by atoms with Crippen molar-refractivity contribution in [2.75, 3.05) is 13.6 Å². The van der Waals surface area contributed by atoms with Gasteiger partial charge in [-0.3, -0.25) is 0 Å². The Morgan fingerprint density at radius 1 is 1.42 bits per heavy atom. The Morgan fingerprint density at radius 3 is 3.17 bits per heavy atom. The lowest BCUT2D eigenvalue weighted by molar-refractivity contribution is 0.190. The number of benzene rings is 1. The molecule has 1 N–H and O–H groups in total. The number of urea groups is 1. The quantitative estimate of drug-likeness (QED) is 0.920. The lowest BCUT2D eigenvalue weighted by Gasteiger charge is -2.19. The minimum Gasteiger partial charge on any atom is -0.488 e. The first-order chi connectivity index (χ1) is 11.7. The number of para-hydroxylation sites is 1. The van der Waals surface area contributed by atoms with Crippen molar-refractivity contribution >= 4 is 6.03 Å². The Morgan fingerprint density at radius 2 is 2.29 bits per heavy atom. The number of hydrogen-bond acceptors (Lipinski definition) is 4. The van der Waals surface area contributed by atoms with Gasteiger partial charge in [-0.05, 0) is 18.1 Å². The summed E-state index contributed by atoms with van der Waals surface area (Å²) in [6, 6.07) is 7.88. The van der Waals surface area contributed by atoms with Gasteiger partial charge < -0.3 is 19.5 Å². The van der Waals surface area contributed by atoms with Crippen LogP contribution in [0, 0.1) is 0 Å². The van der Waals surface area contributed by atoms with E-state index in [0.29, 0.717) is 13.1 Å². The van der Waals surface area contributed by atoms with Crippen LogP contribution in [0.1, 0.15) is 23.6 Å². The van der Waals surface area contributed by atoms with Crippen molar-refractivity contribution in [3.8, 4) is 5.75 Å². The van der Waals surface area contributed by atoms with Gasteiger partial charge in [0.1, 0.15) is 17.7 Å². The maximum Gasteiger partial charge on any atom is 0.317 e. The summed E-state index contributed by atoms with van der Waals surface area (Å²) in [7, 11) is 1.77. The lowest BCUT2D eigenvalue weighted by atomic mass is 10.1. The molecular formula is C17H21N5O2. The van der Waals surface area contributed by atoms with E-state index >= 15 is 0 Å². The van der Waals surface area contributed by atoms with Crippen molar-refractivity contribution in [2.24, 2.45) is 0 Å². The smallest absolute Gasteiger partial charge is 0.317 e. The Bertz CT molecular complexity index is 732. The molecule has 7 heteroatoms. The monoisotopic (exact) mass is 327 g/mol. The van der Waals surface area contributed by atoms with Gasteiger partial charge in [-0.2, -0.15) is 0 Å². The maximum absolute atomic E-state index is 12.3. The third kappa shape index (κ3) is 2.81. The fraction of sp³-hybridized carbons (Fsp3) is 0.471. The number of rotatable bonds is 4. The molecule has 0 saturated heterocycles. The van der Waals surface area contributed by atoms with Gasteiger partial charge in [0.15, 0.2) is 5.82 Å². The predicted octanol–water partition coefficient (Wildman–Crippen LogP) is 1.37. The fourth-order valence-electron chi connectivity index (χ4n) is 3.32. The molecule has 2 aliphatic rings. The van der Waals surface area contributed by atoms with Crippen LogP contribution in [0.2, 0.25) is 0 Å². The molecule has 7 nitrogen and oxygen atoms in total. The summed E-state index contributed by atoms with van der Waals surface area (Å²) >= 11 is 0. The van der Waals surface area contributed by atoms with Crippen LogP contribution in [0.4, 0.5) is 4.79 Å². The number of ether oxygens (including phenoxy) is 1. The Labute approximate surface area is 140 Å². The minimum atomic E-state index is -0.120. The first-order valence-corrected chi connectivity index (χ1v) is 8.35. The SMILES string of the molecule is CN(Cc1nnc2n1CCC2)C(=O)NC[C@@H]1Cc2ccccc2O1. The van der Waals surface area contributed by atoms with Crippen molar-refractivity contribution in [1.29, 1.82) is 0 Å².